The molecule has 0 unspecified atom stereocenters. The van der Waals surface area contributed by atoms with Gasteiger partial charge in [0.2, 0.25) is 0 Å². The molecule has 1 rings (SSSR count). The summed E-state index contributed by atoms with van der Waals surface area (Å²) in [4.78, 5) is 16.8. The van der Waals surface area contributed by atoms with Crippen molar-refractivity contribution >= 4 is 11.7 Å². The molecule has 16 heavy (non-hydrogen) atoms. The van der Waals surface area contributed by atoms with E-state index in [4.69, 9.17) is 9.84 Å². The molecule has 0 aliphatic rings. The van der Waals surface area contributed by atoms with E-state index in [-0.39, 0.29) is 5.56 Å². The molecule has 1 heterocycles. The van der Waals surface area contributed by atoms with E-state index in [1.807, 2.05) is 11.8 Å². The molecule has 0 aliphatic carbocycles. The van der Waals surface area contributed by atoms with Crippen LogP contribution in [0.25, 0.3) is 0 Å². The van der Waals surface area contributed by atoms with E-state index < -0.39 is 5.97 Å². The van der Waals surface area contributed by atoms with Gasteiger partial charge in [-0.15, -0.1) is 0 Å². The van der Waals surface area contributed by atoms with Crippen molar-refractivity contribution in [3.63, 3.8) is 0 Å². The number of anilines is 1. The normalized spacial score (nSPS) is 10.1. The lowest BCUT2D eigenvalue weighted by Gasteiger charge is -2.23. The third kappa shape index (κ3) is 2.93. The maximum atomic E-state index is 11.0. The number of hydrogen-bond donors (Lipinski definition) is 1. The van der Waals surface area contributed by atoms with Gasteiger partial charge in [0.05, 0.1) is 12.3 Å². The molecule has 0 aromatic carbocycles. The van der Waals surface area contributed by atoms with Crippen LogP contribution in [0, 0.1) is 0 Å². The Bertz CT molecular complexity index is 355. The first-order chi connectivity index (χ1) is 7.70. The summed E-state index contributed by atoms with van der Waals surface area (Å²) in [6, 6.07) is 1.71. The van der Waals surface area contributed by atoms with E-state index in [9.17, 15) is 4.79 Å². The number of nitrogens with zero attached hydrogens (tertiary/aromatic N) is 2. The lowest BCUT2D eigenvalue weighted by molar-refractivity contribution is 0.0697. The molecule has 0 saturated carbocycles. The van der Waals surface area contributed by atoms with Crippen LogP contribution >= 0.6 is 0 Å². The first kappa shape index (κ1) is 12.4. The largest absolute Gasteiger partial charge is 0.478 e. The number of ether oxygens (including phenoxy) is 1. The van der Waals surface area contributed by atoms with Crippen molar-refractivity contribution in [3.05, 3.63) is 24.0 Å². The van der Waals surface area contributed by atoms with Crippen LogP contribution in [0.5, 0.6) is 0 Å². The molecule has 0 atom stereocenters. The summed E-state index contributed by atoms with van der Waals surface area (Å²) in [6.07, 6.45) is 2.96. The molecule has 1 N–H and O–H groups in total. The number of carbonyl (C=O) groups is 1. The molecule has 0 radical (unpaired) electrons. The highest BCUT2D eigenvalue weighted by Gasteiger charge is 2.14. The molecule has 1 aromatic rings. The number of aromatic nitrogens is 1. The summed E-state index contributed by atoms with van der Waals surface area (Å²) in [6.45, 7) is 3.93. The first-order valence-corrected chi connectivity index (χ1v) is 5.11. The van der Waals surface area contributed by atoms with Gasteiger partial charge in [-0.3, -0.25) is 4.98 Å². The second kappa shape index (κ2) is 6.07. The average molecular weight is 224 g/mol. The second-order valence-electron chi connectivity index (χ2n) is 3.27. The van der Waals surface area contributed by atoms with Crippen molar-refractivity contribution in [1.82, 2.24) is 4.98 Å². The van der Waals surface area contributed by atoms with Crippen LogP contribution in [0.3, 0.4) is 0 Å². The number of carboxylic acid groups (broad SMARTS) is 1. The molecule has 0 saturated heterocycles. The molecule has 5 nitrogen and oxygen atoms in total. The fourth-order valence-electron chi connectivity index (χ4n) is 1.48. The topological polar surface area (TPSA) is 62.7 Å². The fraction of sp³-hybridized carbons (Fsp3) is 0.455. The quantitative estimate of drug-likeness (QED) is 0.788. The third-order valence-corrected chi connectivity index (χ3v) is 2.32. The summed E-state index contributed by atoms with van der Waals surface area (Å²) in [5.41, 5.74) is 0.905. The van der Waals surface area contributed by atoms with Gasteiger partial charge in [-0.1, -0.05) is 0 Å². The van der Waals surface area contributed by atoms with Crippen molar-refractivity contribution in [2.24, 2.45) is 0 Å². The van der Waals surface area contributed by atoms with Gasteiger partial charge < -0.3 is 14.7 Å². The number of rotatable bonds is 6. The minimum Gasteiger partial charge on any atom is -0.478 e. The summed E-state index contributed by atoms with van der Waals surface area (Å²) in [7, 11) is 1.62. The Labute approximate surface area is 94.7 Å². The molecular weight excluding hydrogens is 208 g/mol. The Hall–Kier alpha value is -1.62. The van der Waals surface area contributed by atoms with E-state index in [0.29, 0.717) is 18.8 Å². The van der Waals surface area contributed by atoms with E-state index in [2.05, 4.69) is 4.98 Å². The molecule has 0 aliphatic heterocycles. The van der Waals surface area contributed by atoms with Crippen molar-refractivity contribution in [2.75, 3.05) is 31.7 Å². The Balaban J connectivity index is 2.94. The van der Waals surface area contributed by atoms with Crippen LogP contribution in [-0.4, -0.2) is 42.9 Å². The van der Waals surface area contributed by atoms with Gasteiger partial charge in [0, 0.05) is 32.6 Å². The fourth-order valence-corrected chi connectivity index (χ4v) is 1.48. The van der Waals surface area contributed by atoms with Gasteiger partial charge in [0.15, 0.2) is 0 Å². The predicted octanol–water partition coefficient (Wildman–Crippen LogP) is 1.25. The number of aromatic carboxylic acids is 1. The highest BCUT2D eigenvalue weighted by Crippen LogP contribution is 2.18. The first-order valence-electron chi connectivity index (χ1n) is 5.11. The van der Waals surface area contributed by atoms with Gasteiger partial charge in [-0.25, -0.2) is 4.79 Å². The number of hydrogen-bond acceptors (Lipinski definition) is 4. The Morgan fingerprint density at radius 1 is 1.62 bits per heavy atom. The zero-order valence-corrected chi connectivity index (χ0v) is 9.51. The summed E-state index contributed by atoms with van der Waals surface area (Å²) in [5.74, 6) is -0.959. The standard InChI is InChI=1S/C11H16N2O3/c1-3-13(6-7-16-2)10-4-5-12-8-9(10)11(14)15/h4-5,8H,3,6-7H2,1-2H3,(H,14,15). The zero-order valence-electron chi connectivity index (χ0n) is 9.51. The third-order valence-electron chi connectivity index (χ3n) is 2.32. The molecule has 88 valence electrons. The van der Waals surface area contributed by atoms with E-state index in [1.54, 1.807) is 19.4 Å². The molecule has 0 bridgehead atoms. The van der Waals surface area contributed by atoms with Crippen LogP contribution in [0.15, 0.2) is 18.5 Å². The lowest BCUT2D eigenvalue weighted by atomic mass is 10.2. The van der Waals surface area contributed by atoms with Crippen LogP contribution in [0.1, 0.15) is 17.3 Å². The summed E-state index contributed by atoms with van der Waals surface area (Å²) < 4.78 is 4.99. The average Bonchev–Trinajstić information content (AvgIpc) is 2.30. The number of pyridine rings is 1. The minimum atomic E-state index is -0.959. The Morgan fingerprint density at radius 2 is 2.38 bits per heavy atom. The van der Waals surface area contributed by atoms with Gasteiger partial charge in [0.25, 0.3) is 0 Å². The molecular formula is C11H16N2O3. The minimum absolute atomic E-state index is 0.223. The van der Waals surface area contributed by atoms with Gasteiger partial charge >= 0.3 is 5.97 Å². The predicted molar refractivity (Wildman–Crippen MR) is 61.0 cm³/mol. The molecule has 0 spiro atoms. The Morgan fingerprint density at radius 3 is 2.94 bits per heavy atom. The number of methoxy groups -OCH3 is 1. The van der Waals surface area contributed by atoms with Crippen LogP contribution in [0.2, 0.25) is 0 Å². The van der Waals surface area contributed by atoms with Gasteiger partial charge in [0.1, 0.15) is 5.56 Å². The summed E-state index contributed by atoms with van der Waals surface area (Å²) in [5, 5.41) is 9.04. The van der Waals surface area contributed by atoms with E-state index >= 15 is 0 Å². The van der Waals surface area contributed by atoms with Crippen molar-refractivity contribution in [3.8, 4) is 0 Å². The van der Waals surface area contributed by atoms with Crippen LogP contribution in [-0.2, 0) is 4.74 Å². The zero-order chi connectivity index (χ0) is 12.0. The number of likely N-dealkylation sites (N-methyl/N-ethyl adjacent to an activating group) is 1. The number of carboxylic acids is 1. The molecule has 0 fully saturated rings. The smallest absolute Gasteiger partial charge is 0.339 e. The molecule has 1 aromatic heterocycles. The highest BCUT2D eigenvalue weighted by atomic mass is 16.5. The molecule has 0 amide bonds. The van der Waals surface area contributed by atoms with Crippen molar-refractivity contribution in [1.29, 1.82) is 0 Å². The Kier molecular flexibility index (Phi) is 4.72. The van der Waals surface area contributed by atoms with Gasteiger partial charge in [-0.2, -0.15) is 0 Å². The lowest BCUT2D eigenvalue weighted by Crippen LogP contribution is -2.28. The van der Waals surface area contributed by atoms with Crippen molar-refractivity contribution < 1.29 is 14.6 Å². The van der Waals surface area contributed by atoms with Crippen molar-refractivity contribution in [2.45, 2.75) is 6.92 Å². The maximum Gasteiger partial charge on any atom is 0.339 e. The SMILES string of the molecule is CCN(CCOC)c1ccncc1C(=O)O. The summed E-state index contributed by atoms with van der Waals surface area (Å²) >= 11 is 0. The van der Waals surface area contributed by atoms with E-state index in [1.165, 1.54) is 6.20 Å². The van der Waals surface area contributed by atoms with Gasteiger partial charge in [-0.05, 0) is 13.0 Å². The second-order valence-corrected chi connectivity index (χ2v) is 3.27. The van der Waals surface area contributed by atoms with Crippen LogP contribution in [0.4, 0.5) is 5.69 Å². The maximum absolute atomic E-state index is 11.0. The highest BCUT2D eigenvalue weighted by molar-refractivity contribution is 5.94. The van der Waals surface area contributed by atoms with Crippen LogP contribution < -0.4 is 4.90 Å². The van der Waals surface area contributed by atoms with E-state index in [0.717, 1.165) is 6.54 Å². The monoisotopic (exact) mass is 224 g/mol. The molecule has 5 heteroatoms.